The van der Waals surface area contributed by atoms with Gasteiger partial charge in [-0.15, -0.1) is 0 Å². The zero-order chi connectivity index (χ0) is 9.14. The minimum absolute atomic E-state index is 0.273. The molecular weight excluding hydrogens is 162 g/mol. The second-order valence-electron chi connectivity index (χ2n) is 2.04. The highest BCUT2D eigenvalue weighted by Crippen LogP contribution is 1.90. The number of hydrogen-bond acceptors (Lipinski definition) is 2. The summed E-state index contributed by atoms with van der Waals surface area (Å²) in [6, 6.07) is 4.12. The Bertz CT molecular complexity index is 301. The summed E-state index contributed by atoms with van der Waals surface area (Å²) in [6.07, 6.45) is -0.140. The molecule has 0 saturated heterocycles. The minimum atomic E-state index is -1.31. The highest BCUT2D eigenvalue weighted by molar-refractivity contribution is 5.84. The third-order valence-corrected chi connectivity index (χ3v) is 1.29. The summed E-state index contributed by atoms with van der Waals surface area (Å²) < 4.78 is 0.641. The summed E-state index contributed by atoms with van der Waals surface area (Å²) in [6.45, 7) is 0. The molecule has 5 nitrogen and oxygen atoms in total. The second kappa shape index (κ2) is 3.00. The predicted octanol–water partition coefficient (Wildman–Crippen LogP) is 0.198. The Labute approximate surface area is 67.5 Å². The van der Waals surface area contributed by atoms with Gasteiger partial charge in [0.25, 0.3) is 0 Å². The first-order valence-corrected chi connectivity index (χ1v) is 3.10. The fraction of sp³-hybridized carbons (Fsp3) is 0. The number of carbonyl (C=O) groups is 2. The van der Waals surface area contributed by atoms with Crippen LogP contribution in [0.15, 0.2) is 24.4 Å². The van der Waals surface area contributed by atoms with Crippen molar-refractivity contribution in [3.8, 4) is 0 Å². The first kappa shape index (κ1) is 8.19. The van der Waals surface area contributed by atoms with Crippen LogP contribution >= 0.6 is 0 Å². The number of aromatic carboxylic acids is 1. The highest BCUT2D eigenvalue weighted by Gasteiger charge is 2.23. The van der Waals surface area contributed by atoms with Crippen molar-refractivity contribution < 1.29 is 24.4 Å². The molecule has 0 spiro atoms. The average Bonchev–Trinajstić information content (AvgIpc) is 2.04. The van der Waals surface area contributed by atoms with E-state index >= 15 is 0 Å². The van der Waals surface area contributed by atoms with E-state index in [9.17, 15) is 9.59 Å². The lowest BCUT2D eigenvalue weighted by atomic mass is 10.3. The fourth-order valence-corrected chi connectivity index (χ4v) is 0.784. The molecule has 1 rings (SSSR count). The van der Waals surface area contributed by atoms with Gasteiger partial charge in [0.05, 0.1) is 0 Å². The van der Waals surface area contributed by atoms with E-state index in [1.165, 1.54) is 24.4 Å². The molecule has 1 aromatic heterocycles. The van der Waals surface area contributed by atoms with Crippen LogP contribution in [0.1, 0.15) is 10.5 Å². The Morgan fingerprint density at radius 1 is 1.25 bits per heavy atom. The van der Waals surface area contributed by atoms with Crippen LogP contribution in [0.2, 0.25) is 0 Å². The lowest BCUT2D eigenvalue weighted by molar-refractivity contribution is -0.587. The molecule has 0 atom stereocenters. The predicted molar refractivity (Wildman–Crippen MR) is 37.0 cm³/mol. The number of aromatic nitrogens is 1. The summed E-state index contributed by atoms with van der Waals surface area (Å²) >= 11 is 0. The number of pyridine rings is 1. The lowest BCUT2D eigenvalue weighted by Gasteiger charge is -1.90. The first-order valence-electron chi connectivity index (χ1n) is 3.10. The molecule has 0 fully saturated rings. The lowest BCUT2D eigenvalue weighted by Crippen LogP contribution is -2.46. The van der Waals surface area contributed by atoms with Crippen molar-refractivity contribution in [2.24, 2.45) is 0 Å². The van der Waals surface area contributed by atoms with Gasteiger partial charge >= 0.3 is 17.8 Å². The Hall–Kier alpha value is -1.91. The van der Waals surface area contributed by atoms with E-state index in [-0.39, 0.29) is 5.69 Å². The molecule has 0 aliphatic heterocycles. The van der Waals surface area contributed by atoms with Gasteiger partial charge in [-0.3, -0.25) is 0 Å². The summed E-state index contributed by atoms with van der Waals surface area (Å²) in [5, 5.41) is 17.0. The van der Waals surface area contributed by atoms with Gasteiger partial charge in [0, 0.05) is 12.1 Å². The van der Waals surface area contributed by atoms with E-state index in [4.69, 9.17) is 10.2 Å². The third kappa shape index (κ3) is 1.39. The van der Waals surface area contributed by atoms with E-state index in [1.807, 2.05) is 0 Å². The summed E-state index contributed by atoms with van der Waals surface area (Å²) in [5.74, 6) is -1.27. The van der Waals surface area contributed by atoms with Crippen LogP contribution in [0, 0.1) is 0 Å². The Kier molecular flexibility index (Phi) is 2.05. The van der Waals surface area contributed by atoms with E-state index < -0.39 is 12.1 Å². The topological polar surface area (TPSA) is 78.5 Å². The van der Waals surface area contributed by atoms with Crippen LogP contribution in [-0.2, 0) is 0 Å². The van der Waals surface area contributed by atoms with Crippen molar-refractivity contribution in [2.75, 3.05) is 0 Å². The molecule has 2 N–H and O–H groups in total. The van der Waals surface area contributed by atoms with Gasteiger partial charge in [0.15, 0.2) is 6.20 Å². The molecule has 0 aliphatic carbocycles. The molecule has 1 heterocycles. The molecule has 0 radical (unpaired) electrons. The zero-order valence-corrected chi connectivity index (χ0v) is 5.97. The third-order valence-electron chi connectivity index (χ3n) is 1.29. The molecule has 1 aromatic rings. The average molecular weight is 168 g/mol. The second-order valence-corrected chi connectivity index (χ2v) is 2.04. The van der Waals surface area contributed by atoms with E-state index in [2.05, 4.69) is 0 Å². The van der Waals surface area contributed by atoms with Crippen LogP contribution in [0.25, 0.3) is 0 Å². The molecule has 62 valence electrons. The monoisotopic (exact) mass is 168 g/mol. The van der Waals surface area contributed by atoms with Crippen molar-refractivity contribution in [1.82, 2.24) is 0 Å². The number of carboxylic acids is 1. The Morgan fingerprint density at radius 3 is 2.33 bits per heavy atom. The van der Waals surface area contributed by atoms with Gasteiger partial charge in [0.1, 0.15) is 0 Å². The molecule has 0 aliphatic rings. The molecule has 0 bridgehead atoms. The Balaban J connectivity index is 3.27. The largest absolute Gasteiger partial charge is 0.600 e. The number of nitrogens with zero attached hydrogens (tertiary/aromatic N) is 1. The van der Waals surface area contributed by atoms with Crippen molar-refractivity contribution in [3.05, 3.63) is 30.1 Å². The van der Waals surface area contributed by atoms with Gasteiger partial charge in [-0.2, -0.15) is 4.79 Å². The van der Waals surface area contributed by atoms with Crippen LogP contribution in [0.3, 0.4) is 0 Å². The number of hydrogen-bond donors (Lipinski definition) is 2. The van der Waals surface area contributed by atoms with Crippen molar-refractivity contribution in [2.45, 2.75) is 0 Å². The van der Waals surface area contributed by atoms with E-state index in [0.29, 0.717) is 4.57 Å². The SMILES string of the molecule is O=C(O)c1cccc[n+]1C(=O)O. The van der Waals surface area contributed by atoms with Gasteiger partial charge in [-0.1, -0.05) is 4.57 Å². The first-order chi connectivity index (χ1) is 5.63. The molecule has 12 heavy (non-hydrogen) atoms. The van der Waals surface area contributed by atoms with Gasteiger partial charge in [-0.05, 0) is 6.07 Å². The highest BCUT2D eigenvalue weighted by atomic mass is 16.4. The van der Waals surface area contributed by atoms with Crippen LogP contribution in [0.5, 0.6) is 0 Å². The standard InChI is InChI=1S/C7H5NO4/c9-6(10)5-3-1-2-4-8(5)7(11)12/h1-4H,(H-,9,10,11,12)/p+1. The van der Waals surface area contributed by atoms with Crippen molar-refractivity contribution >= 4 is 12.1 Å². The summed E-state index contributed by atoms with van der Waals surface area (Å²) in [5.41, 5.74) is -0.273. The van der Waals surface area contributed by atoms with E-state index in [1.54, 1.807) is 0 Å². The zero-order valence-electron chi connectivity index (χ0n) is 5.97. The smallest absolute Gasteiger partial charge is 0.473 e. The summed E-state index contributed by atoms with van der Waals surface area (Å²) in [4.78, 5) is 20.9. The van der Waals surface area contributed by atoms with Gasteiger partial charge in [-0.25, -0.2) is 4.79 Å². The maximum atomic E-state index is 10.4. The molecule has 0 saturated carbocycles. The fourth-order valence-electron chi connectivity index (χ4n) is 0.784. The molecule has 5 heteroatoms. The quantitative estimate of drug-likeness (QED) is 0.587. The van der Waals surface area contributed by atoms with Crippen LogP contribution in [-0.4, -0.2) is 22.3 Å². The van der Waals surface area contributed by atoms with Gasteiger partial charge < -0.3 is 10.2 Å². The van der Waals surface area contributed by atoms with Crippen molar-refractivity contribution in [1.29, 1.82) is 0 Å². The van der Waals surface area contributed by atoms with Crippen LogP contribution < -0.4 is 4.57 Å². The van der Waals surface area contributed by atoms with E-state index in [0.717, 1.165) is 0 Å². The minimum Gasteiger partial charge on any atom is -0.473 e. The maximum absolute atomic E-state index is 10.4. The molecule has 0 aromatic carbocycles. The number of rotatable bonds is 1. The molecule has 0 unspecified atom stereocenters. The van der Waals surface area contributed by atoms with Gasteiger partial charge in [0.2, 0.25) is 0 Å². The summed E-state index contributed by atoms with van der Waals surface area (Å²) in [7, 11) is 0. The molecule has 0 amide bonds. The Morgan fingerprint density at radius 2 is 1.92 bits per heavy atom. The maximum Gasteiger partial charge on any atom is 0.600 e. The number of carboxylic acid groups (broad SMARTS) is 2. The molecular formula is C7H6NO4+. The van der Waals surface area contributed by atoms with Crippen LogP contribution in [0.4, 0.5) is 4.79 Å². The normalized spacial score (nSPS) is 9.33. The van der Waals surface area contributed by atoms with Crippen molar-refractivity contribution in [3.63, 3.8) is 0 Å².